The lowest BCUT2D eigenvalue weighted by Crippen LogP contribution is -2.35. The van der Waals surface area contributed by atoms with Crippen molar-refractivity contribution in [2.24, 2.45) is 11.7 Å². The molecule has 0 spiro atoms. The predicted octanol–water partition coefficient (Wildman–Crippen LogP) is 3.64. The molecule has 5 nitrogen and oxygen atoms in total. The van der Waals surface area contributed by atoms with Crippen molar-refractivity contribution in [1.82, 2.24) is 14.7 Å². The van der Waals surface area contributed by atoms with Gasteiger partial charge in [-0.25, -0.2) is 4.68 Å². The highest BCUT2D eigenvalue weighted by molar-refractivity contribution is 5.95. The monoisotopic (exact) mass is 382 g/mol. The zero-order valence-electron chi connectivity index (χ0n) is 15.9. The molecule has 0 radical (unpaired) electrons. The van der Waals surface area contributed by atoms with Crippen LogP contribution in [0, 0.1) is 12.8 Å². The summed E-state index contributed by atoms with van der Waals surface area (Å²) in [6.07, 6.45) is -3.23. The van der Waals surface area contributed by atoms with Crippen LogP contribution in [0.3, 0.4) is 0 Å². The second-order valence-electron chi connectivity index (χ2n) is 7.03. The number of aromatic nitrogens is 2. The molecule has 0 aliphatic heterocycles. The van der Waals surface area contributed by atoms with Gasteiger partial charge < -0.3 is 10.6 Å². The first-order valence-corrected chi connectivity index (χ1v) is 8.76. The number of nitrogens with zero attached hydrogens (tertiary/aromatic N) is 3. The predicted molar refractivity (Wildman–Crippen MR) is 97.7 cm³/mol. The van der Waals surface area contributed by atoms with Crippen molar-refractivity contribution in [1.29, 1.82) is 0 Å². The molecule has 8 heteroatoms. The van der Waals surface area contributed by atoms with Gasteiger partial charge in [-0.05, 0) is 30.9 Å². The summed E-state index contributed by atoms with van der Waals surface area (Å²) >= 11 is 0. The average Bonchev–Trinajstić information content (AvgIpc) is 3.04. The number of hydrogen-bond donors (Lipinski definition) is 1. The molecule has 2 aromatic rings. The van der Waals surface area contributed by atoms with Crippen LogP contribution < -0.4 is 5.73 Å². The van der Waals surface area contributed by atoms with Crippen LogP contribution in [0.1, 0.15) is 41.9 Å². The minimum atomic E-state index is -4.72. The number of halogens is 3. The van der Waals surface area contributed by atoms with Gasteiger partial charge in [0.25, 0.3) is 5.91 Å². The van der Waals surface area contributed by atoms with Crippen LogP contribution in [-0.4, -0.2) is 40.2 Å². The van der Waals surface area contributed by atoms with Gasteiger partial charge in [-0.3, -0.25) is 4.79 Å². The van der Waals surface area contributed by atoms with Crippen molar-refractivity contribution in [2.75, 3.05) is 13.6 Å². The van der Waals surface area contributed by atoms with E-state index in [1.165, 1.54) is 18.0 Å². The summed E-state index contributed by atoms with van der Waals surface area (Å²) in [5.41, 5.74) is 5.34. The van der Waals surface area contributed by atoms with Crippen molar-refractivity contribution in [2.45, 2.75) is 39.4 Å². The van der Waals surface area contributed by atoms with E-state index in [1.807, 2.05) is 13.8 Å². The first kappa shape index (κ1) is 21.0. The number of aryl methyl sites for hydroxylation is 1. The van der Waals surface area contributed by atoms with E-state index in [4.69, 9.17) is 5.73 Å². The molecule has 2 rings (SSSR count). The molecular weight excluding hydrogens is 357 g/mol. The van der Waals surface area contributed by atoms with Gasteiger partial charge in [0, 0.05) is 19.6 Å². The van der Waals surface area contributed by atoms with Crippen LogP contribution in [0.15, 0.2) is 30.5 Å². The van der Waals surface area contributed by atoms with Crippen LogP contribution >= 0.6 is 0 Å². The Hall–Kier alpha value is -2.35. The van der Waals surface area contributed by atoms with Crippen LogP contribution in [0.25, 0.3) is 5.69 Å². The number of para-hydroxylation sites is 1. The maximum absolute atomic E-state index is 13.8. The number of hydrogen-bond acceptors (Lipinski definition) is 3. The van der Waals surface area contributed by atoms with E-state index in [0.29, 0.717) is 12.0 Å². The van der Waals surface area contributed by atoms with Gasteiger partial charge in [-0.15, -0.1) is 0 Å². The maximum atomic E-state index is 13.8. The zero-order valence-corrected chi connectivity index (χ0v) is 15.9. The van der Waals surface area contributed by atoms with Gasteiger partial charge in [0.05, 0.1) is 17.4 Å². The van der Waals surface area contributed by atoms with Crippen molar-refractivity contribution in [3.05, 3.63) is 47.3 Å². The summed E-state index contributed by atoms with van der Waals surface area (Å²) in [6.45, 7) is 5.88. The summed E-state index contributed by atoms with van der Waals surface area (Å²) < 4.78 is 42.0. The summed E-state index contributed by atoms with van der Waals surface area (Å²) in [6, 6.07) is 6.46. The van der Waals surface area contributed by atoms with E-state index < -0.39 is 23.3 Å². The first-order valence-electron chi connectivity index (χ1n) is 8.76. The Morgan fingerprint density at radius 2 is 1.93 bits per heavy atom. The van der Waals surface area contributed by atoms with E-state index in [0.717, 1.165) is 10.9 Å². The number of alkyl halides is 3. The lowest BCUT2D eigenvalue weighted by Gasteiger charge is -2.22. The summed E-state index contributed by atoms with van der Waals surface area (Å²) in [5.74, 6) is -0.499. The highest BCUT2D eigenvalue weighted by Gasteiger charge is 2.41. The lowest BCUT2D eigenvalue weighted by molar-refractivity contribution is -0.143. The molecule has 1 atom stereocenters. The highest BCUT2D eigenvalue weighted by Crippen LogP contribution is 2.34. The fourth-order valence-electron chi connectivity index (χ4n) is 2.74. The third-order valence-corrected chi connectivity index (χ3v) is 4.61. The molecule has 0 fully saturated rings. The number of rotatable bonds is 6. The van der Waals surface area contributed by atoms with Gasteiger partial charge in [0.15, 0.2) is 5.69 Å². The molecule has 0 saturated carbocycles. The average molecular weight is 382 g/mol. The van der Waals surface area contributed by atoms with Crippen LogP contribution in [0.5, 0.6) is 0 Å². The Labute approximate surface area is 157 Å². The topological polar surface area (TPSA) is 64.2 Å². The van der Waals surface area contributed by atoms with Crippen molar-refractivity contribution in [3.8, 4) is 5.69 Å². The fraction of sp³-hybridized carbons (Fsp3) is 0.474. The van der Waals surface area contributed by atoms with Crippen LogP contribution in [-0.2, 0) is 6.18 Å². The summed E-state index contributed by atoms with van der Waals surface area (Å²) in [5, 5.41) is 3.87. The molecular formula is C19H25F3N4O. The molecule has 2 N–H and O–H groups in total. The van der Waals surface area contributed by atoms with Crippen LogP contribution in [0.2, 0.25) is 0 Å². The molecule has 148 valence electrons. The Kier molecular flexibility index (Phi) is 6.30. The quantitative estimate of drug-likeness (QED) is 0.830. The molecule has 0 bridgehead atoms. The largest absolute Gasteiger partial charge is 0.434 e. The van der Waals surface area contributed by atoms with Gasteiger partial charge in [-0.1, -0.05) is 32.0 Å². The summed E-state index contributed by atoms with van der Waals surface area (Å²) in [4.78, 5) is 13.9. The van der Waals surface area contributed by atoms with Gasteiger partial charge in [-0.2, -0.15) is 18.3 Å². The Morgan fingerprint density at radius 3 is 2.48 bits per heavy atom. The van der Waals surface area contributed by atoms with Gasteiger partial charge in [0.1, 0.15) is 0 Å². The molecule has 1 heterocycles. The number of nitrogens with two attached hydrogens (primary N) is 1. The van der Waals surface area contributed by atoms with E-state index >= 15 is 0 Å². The molecule has 0 saturated heterocycles. The molecule has 1 aromatic heterocycles. The van der Waals surface area contributed by atoms with Crippen molar-refractivity contribution >= 4 is 5.91 Å². The smallest absolute Gasteiger partial charge is 0.342 e. The second-order valence-corrected chi connectivity index (χ2v) is 7.03. The Morgan fingerprint density at radius 1 is 1.30 bits per heavy atom. The van der Waals surface area contributed by atoms with Crippen LogP contribution in [0.4, 0.5) is 13.2 Å². The molecule has 1 aromatic carbocycles. The van der Waals surface area contributed by atoms with Gasteiger partial charge in [0.2, 0.25) is 0 Å². The second kappa shape index (κ2) is 8.12. The molecule has 1 unspecified atom stereocenters. The molecule has 0 aliphatic carbocycles. The van der Waals surface area contributed by atoms with E-state index in [2.05, 4.69) is 5.10 Å². The molecule has 27 heavy (non-hydrogen) atoms. The number of carbonyl (C=O) groups excluding carboxylic acids is 1. The molecule has 1 amide bonds. The summed E-state index contributed by atoms with van der Waals surface area (Å²) in [7, 11) is 1.47. The maximum Gasteiger partial charge on any atom is 0.434 e. The Balaban J connectivity index is 2.37. The van der Waals surface area contributed by atoms with E-state index in [1.54, 1.807) is 25.1 Å². The molecule has 0 aliphatic rings. The van der Waals surface area contributed by atoms with E-state index in [9.17, 15) is 18.0 Å². The van der Waals surface area contributed by atoms with Gasteiger partial charge >= 0.3 is 6.18 Å². The minimum Gasteiger partial charge on any atom is -0.342 e. The Bertz CT molecular complexity index is 798. The highest BCUT2D eigenvalue weighted by atomic mass is 19.4. The first-order chi connectivity index (χ1) is 12.5. The standard InChI is InChI=1S/C19H25F3N4O/c1-12(2)15(23)9-10-25(4)18(27)14-11-24-26(17(14)19(20,21)22)16-8-6-5-7-13(16)3/h5-8,11-12,15H,9-10,23H2,1-4H3. The SMILES string of the molecule is Cc1ccccc1-n1ncc(C(=O)N(C)CCC(N)C(C)C)c1C(F)(F)F. The normalized spacial score (nSPS) is 13.1. The minimum absolute atomic E-state index is 0.128. The third kappa shape index (κ3) is 4.68. The lowest BCUT2D eigenvalue weighted by atomic mass is 10.0. The van der Waals surface area contributed by atoms with Crippen molar-refractivity contribution < 1.29 is 18.0 Å². The number of carbonyl (C=O) groups is 1. The zero-order chi connectivity index (χ0) is 20.4. The fourth-order valence-corrected chi connectivity index (χ4v) is 2.74. The third-order valence-electron chi connectivity index (χ3n) is 4.61. The van der Waals surface area contributed by atoms with E-state index in [-0.39, 0.29) is 24.2 Å². The van der Waals surface area contributed by atoms with Crippen molar-refractivity contribution in [3.63, 3.8) is 0 Å². The number of amides is 1. The number of benzene rings is 1.